The molecule has 0 bridgehead atoms. The first-order valence-electron chi connectivity index (χ1n) is 8.03. The second-order valence-corrected chi connectivity index (χ2v) is 5.23. The van der Waals surface area contributed by atoms with Crippen LogP contribution in [0.3, 0.4) is 0 Å². The molecule has 0 aliphatic heterocycles. The van der Waals surface area contributed by atoms with Crippen molar-refractivity contribution in [2.24, 2.45) is 0 Å². The standard InChI is InChI=1S/C18H30O3.Na/c1-2-3-4-5-6-7-8-9-10-11-14-17(19)15-12-13-16-18(20)21;/h5-10,17,19H,2-4,11-16H2,1H3,(H,20,21);/q;+1/p-1/b6-5+,8-7+,10-9+;. The summed E-state index contributed by atoms with van der Waals surface area (Å²) in [5.74, 6) is -1.01. The third-order valence-corrected chi connectivity index (χ3v) is 3.16. The van der Waals surface area contributed by atoms with E-state index in [0.717, 1.165) is 25.7 Å². The Hall–Kier alpha value is -0.350. The molecule has 1 unspecified atom stereocenters. The number of unbranched alkanes of at least 4 members (excludes halogenated alkanes) is 3. The van der Waals surface area contributed by atoms with Crippen molar-refractivity contribution < 1.29 is 44.6 Å². The van der Waals surface area contributed by atoms with Crippen molar-refractivity contribution in [3.63, 3.8) is 0 Å². The van der Waals surface area contributed by atoms with Crippen molar-refractivity contribution in [2.75, 3.05) is 0 Å². The minimum atomic E-state index is -1.01. The Bertz CT molecular complexity index is 335. The van der Waals surface area contributed by atoms with E-state index < -0.39 is 5.97 Å². The Labute approximate surface area is 157 Å². The van der Waals surface area contributed by atoms with Gasteiger partial charge in [0.1, 0.15) is 0 Å². The van der Waals surface area contributed by atoms with E-state index in [0.29, 0.717) is 12.8 Å². The summed E-state index contributed by atoms with van der Waals surface area (Å²) in [5.41, 5.74) is 0. The third kappa shape index (κ3) is 19.7. The van der Waals surface area contributed by atoms with Crippen LogP contribution in [-0.4, -0.2) is 17.2 Å². The van der Waals surface area contributed by atoms with Crippen LogP contribution in [0.25, 0.3) is 0 Å². The number of hydrogen-bond donors (Lipinski definition) is 1. The Morgan fingerprint density at radius 3 is 2.23 bits per heavy atom. The van der Waals surface area contributed by atoms with Crippen LogP contribution in [0, 0.1) is 0 Å². The number of carbonyl (C=O) groups excluding carboxylic acids is 1. The number of aliphatic hydroxyl groups is 1. The van der Waals surface area contributed by atoms with Crippen molar-refractivity contribution in [3.05, 3.63) is 36.5 Å². The Kier molecular flexibility index (Phi) is 20.3. The van der Waals surface area contributed by atoms with Crippen LogP contribution in [0.15, 0.2) is 36.5 Å². The van der Waals surface area contributed by atoms with E-state index >= 15 is 0 Å². The van der Waals surface area contributed by atoms with E-state index in [1.165, 1.54) is 12.8 Å². The fourth-order valence-corrected chi connectivity index (χ4v) is 1.88. The molecule has 0 saturated heterocycles. The second-order valence-electron chi connectivity index (χ2n) is 5.23. The van der Waals surface area contributed by atoms with Gasteiger partial charge in [0.2, 0.25) is 0 Å². The third-order valence-electron chi connectivity index (χ3n) is 3.16. The van der Waals surface area contributed by atoms with Gasteiger partial charge in [-0.3, -0.25) is 0 Å². The molecule has 0 aromatic rings. The zero-order valence-corrected chi connectivity index (χ0v) is 16.2. The van der Waals surface area contributed by atoms with E-state index in [1.54, 1.807) is 0 Å². The maximum atomic E-state index is 10.2. The summed E-state index contributed by atoms with van der Waals surface area (Å²) in [7, 11) is 0. The summed E-state index contributed by atoms with van der Waals surface area (Å²) in [4.78, 5) is 10.2. The van der Waals surface area contributed by atoms with Gasteiger partial charge in [-0.15, -0.1) is 0 Å². The van der Waals surface area contributed by atoms with Crippen molar-refractivity contribution in [1.82, 2.24) is 0 Å². The molecular formula is C18H29NaO3. The van der Waals surface area contributed by atoms with Gasteiger partial charge in [0.05, 0.1) is 6.10 Å². The number of allylic oxidation sites excluding steroid dienone is 6. The number of carboxylic acids is 1. The number of hydrogen-bond acceptors (Lipinski definition) is 3. The molecule has 0 aliphatic rings. The first-order valence-corrected chi connectivity index (χ1v) is 8.03. The van der Waals surface area contributed by atoms with E-state index in [-0.39, 0.29) is 42.1 Å². The molecule has 3 nitrogen and oxygen atoms in total. The molecule has 0 saturated carbocycles. The van der Waals surface area contributed by atoms with Crippen LogP contribution >= 0.6 is 0 Å². The van der Waals surface area contributed by atoms with E-state index in [1.807, 2.05) is 24.3 Å². The minimum Gasteiger partial charge on any atom is -0.550 e. The predicted octanol–water partition coefficient (Wildman–Crippen LogP) is 0.301. The minimum absolute atomic E-state index is 0. The number of carboxylic acid groups (broad SMARTS) is 1. The van der Waals surface area contributed by atoms with Crippen LogP contribution in [0.1, 0.15) is 64.7 Å². The summed E-state index contributed by atoms with van der Waals surface area (Å²) in [5, 5.41) is 19.9. The molecule has 1 atom stereocenters. The Morgan fingerprint density at radius 2 is 1.64 bits per heavy atom. The summed E-state index contributed by atoms with van der Waals surface area (Å²) < 4.78 is 0. The van der Waals surface area contributed by atoms with Gasteiger partial charge in [0.15, 0.2) is 0 Å². The normalized spacial score (nSPS) is 13.0. The van der Waals surface area contributed by atoms with Gasteiger partial charge in [-0.2, -0.15) is 0 Å². The first-order chi connectivity index (χ1) is 10.2. The van der Waals surface area contributed by atoms with Crippen LogP contribution in [0.4, 0.5) is 0 Å². The molecule has 0 rings (SSSR count). The second kappa shape index (κ2) is 18.7. The number of aliphatic carboxylic acids is 1. The molecule has 0 aromatic carbocycles. The molecule has 1 N–H and O–H groups in total. The zero-order chi connectivity index (χ0) is 15.8. The SMILES string of the molecule is CCCC/C=C/C=C/C=C/CCC(O)CCCCC(=O)[O-].[Na+]. The van der Waals surface area contributed by atoms with Crippen LogP contribution in [0.5, 0.6) is 0 Å². The van der Waals surface area contributed by atoms with Gasteiger partial charge < -0.3 is 15.0 Å². The molecule has 0 amide bonds. The van der Waals surface area contributed by atoms with Gasteiger partial charge in [0.25, 0.3) is 0 Å². The first kappa shape index (κ1) is 23.9. The Balaban J connectivity index is 0. The number of aliphatic hydroxyl groups excluding tert-OH is 1. The summed E-state index contributed by atoms with van der Waals surface area (Å²) in [6.07, 6.45) is 19.2. The molecule has 0 radical (unpaired) electrons. The predicted molar refractivity (Wildman–Crippen MR) is 85.7 cm³/mol. The Morgan fingerprint density at radius 1 is 1.00 bits per heavy atom. The van der Waals surface area contributed by atoms with Crippen molar-refractivity contribution in [2.45, 2.75) is 70.8 Å². The van der Waals surface area contributed by atoms with Crippen molar-refractivity contribution in [3.8, 4) is 0 Å². The van der Waals surface area contributed by atoms with Crippen molar-refractivity contribution in [1.29, 1.82) is 0 Å². The zero-order valence-electron chi connectivity index (χ0n) is 14.2. The molecule has 0 spiro atoms. The van der Waals surface area contributed by atoms with Gasteiger partial charge >= 0.3 is 29.6 Å². The van der Waals surface area contributed by atoms with E-state index in [2.05, 4.69) is 19.1 Å². The largest absolute Gasteiger partial charge is 1.00 e. The van der Waals surface area contributed by atoms with E-state index in [4.69, 9.17) is 0 Å². The molecule has 22 heavy (non-hydrogen) atoms. The molecule has 4 heteroatoms. The average Bonchev–Trinajstić information content (AvgIpc) is 2.45. The van der Waals surface area contributed by atoms with Gasteiger partial charge in [0, 0.05) is 5.97 Å². The van der Waals surface area contributed by atoms with Gasteiger partial charge in [-0.25, -0.2) is 0 Å². The molecule has 0 fully saturated rings. The van der Waals surface area contributed by atoms with Crippen molar-refractivity contribution >= 4 is 5.97 Å². The molecule has 0 aromatic heterocycles. The van der Waals surface area contributed by atoms with Crippen LogP contribution in [-0.2, 0) is 4.79 Å². The van der Waals surface area contributed by atoms with Gasteiger partial charge in [-0.1, -0.05) is 62.6 Å². The maximum Gasteiger partial charge on any atom is 1.00 e. The molecule has 0 aliphatic carbocycles. The summed E-state index contributed by atoms with van der Waals surface area (Å²) >= 11 is 0. The smallest absolute Gasteiger partial charge is 0.550 e. The molecule has 0 heterocycles. The number of carbonyl (C=O) groups is 1. The molecular weight excluding hydrogens is 287 g/mol. The maximum absolute atomic E-state index is 10.2. The topological polar surface area (TPSA) is 60.4 Å². The molecule has 120 valence electrons. The van der Waals surface area contributed by atoms with E-state index in [9.17, 15) is 15.0 Å². The van der Waals surface area contributed by atoms with Crippen LogP contribution in [0.2, 0.25) is 0 Å². The van der Waals surface area contributed by atoms with Crippen LogP contribution < -0.4 is 34.7 Å². The summed E-state index contributed by atoms with van der Waals surface area (Å²) in [6, 6.07) is 0. The summed E-state index contributed by atoms with van der Waals surface area (Å²) in [6.45, 7) is 2.18. The average molecular weight is 316 g/mol. The quantitative estimate of drug-likeness (QED) is 0.302. The number of rotatable bonds is 13. The van der Waals surface area contributed by atoms with Gasteiger partial charge in [-0.05, 0) is 38.5 Å². The monoisotopic (exact) mass is 316 g/mol. The fraction of sp³-hybridized carbons (Fsp3) is 0.611. The fourth-order valence-electron chi connectivity index (χ4n) is 1.88.